The molecule has 2 aromatic heterocycles. The van der Waals surface area contributed by atoms with Crippen LogP contribution in [0.2, 0.25) is 0 Å². The molecule has 4 rings (SSSR count). The number of nitrogens with zero attached hydrogens (tertiary/aromatic N) is 2. The molecule has 2 atom stereocenters. The summed E-state index contributed by atoms with van der Waals surface area (Å²) in [6.45, 7) is 0. The third-order valence-corrected chi connectivity index (χ3v) is 5.40. The molecule has 116 valence electrons. The van der Waals surface area contributed by atoms with Crippen LogP contribution in [0.1, 0.15) is 47.7 Å². The van der Waals surface area contributed by atoms with E-state index in [1.165, 1.54) is 30.6 Å². The second-order valence-electron chi connectivity index (χ2n) is 6.28. The van der Waals surface area contributed by atoms with Gasteiger partial charge in [-0.25, -0.2) is 0 Å². The standard InChI is InChI=1S/C16H20N4OS/c1-20-15(12-7-13(12)18-11-3-2-4-11)14(8-17-20)19-16(21)10-5-6-22-9-10/h5-6,8-9,11-13,18H,2-4,7H2,1H3,(H,19,21). The minimum atomic E-state index is -0.0559. The van der Waals surface area contributed by atoms with Crippen LogP contribution in [-0.2, 0) is 7.05 Å². The third kappa shape index (κ3) is 2.57. The Morgan fingerprint density at radius 1 is 1.45 bits per heavy atom. The van der Waals surface area contributed by atoms with Crippen LogP contribution >= 0.6 is 11.3 Å². The Bertz CT molecular complexity index is 674. The van der Waals surface area contributed by atoms with Crippen molar-refractivity contribution in [3.05, 3.63) is 34.3 Å². The van der Waals surface area contributed by atoms with E-state index < -0.39 is 0 Å². The van der Waals surface area contributed by atoms with Crippen molar-refractivity contribution in [1.82, 2.24) is 15.1 Å². The van der Waals surface area contributed by atoms with Crippen molar-refractivity contribution < 1.29 is 4.79 Å². The van der Waals surface area contributed by atoms with E-state index in [1.807, 2.05) is 28.6 Å². The molecule has 2 aliphatic rings. The van der Waals surface area contributed by atoms with E-state index in [-0.39, 0.29) is 5.91 Å². The fraction of sp³-hybridized carbons (Fsp3) is 0.500. The first kappa shape index (κ1) is 14.0. The first-order chi connectivity index (χ1) is 10.7. The Morgan fingerprint density at radius 3 is 3.00 bits per heavy atom. The van der Waals surface area contributed by atoms with Crippen LogP contribution in [0.25, 0.3) is 0 Å². The van der Waals surface area contributed by atoms with Crippen molar-refractivity contribution >= 4 is 22.9 Å². The highest BCUT2D eigenvalue weighted by atomic mass is 32.1. The van der Waals surface area contributed by atoms with Gasteiger partial charge in [-0.1, -0.05) is 6.42 Å². The maximum atomic E-state index is 12.2. The lowest BCUT2D eigenvalue weighted by Gasteiger charge is -2.26. The van der Waals surface area contributed by atoms with E-state index >= 15 is 0 Å². The van der Waals surface area contributed by atoms with Crippen LogP contribution in [-0.4, -0.2) is 27.8 Å². The van der Waals surface area contributed by atoms with Crippen LogP contribution < -0.4 is 10.6 Å². The molecule has 2 aliphatic carbocycles. The molecule has 0 aromatic carbocycles. The highest BCUT2D eigenvalue weighted by Gasteiger charge is 2.43. The number of hydrogen-bond acceptors (Lipinski definition) is 4. The number of anilines is 1. The smallest absolute Gasteiger partial charge is 0.256 e. The molecule has 2 aromatic rings. The minimum absolute atomic E-state index is 0.0559. The summed E-state index contributed by atoms with van der Waals surface area (Å²) in [6.07, 6.45) is 6.85. The Labute approximate surface area is 133 Å². The van der Waals surface area contributed by atoms with Gasteiger partial charge < -0.3 is 10.6 Å². The zero-order chi connectivity index (χ0) is 15.1. The van der Waals surface area contributed by atoms with E-state index in [4.69, 9.17) is 0 Å². The van der Waals surface area contributed by atoms with E-state index in [9.17, 15) is 4.79 Å². The van der Waals surface area contributed by atoms with Gasteiger partial charge in [-0.15, -0.1) is 0 Å². The molecule has 0 spiro atoms. The van der Waals surface area contributed by atoms with Crippen molar-refractivity contribution in [2.75, 3.05) is 5.32 Å². The number of carbonyl (C=O) groups is 1. The van der Waals surface area contributed by atoms with Gasteiger partial charge >= 0.3 is 0 Å². The van der Waals surface area contributed by atoms with E-state index in [0.29, 0.717) is 23.6 Å². The lowest BCUT2D eigenvalue weighted by atomic mass is 9.93. The Balaban J connectivity index is 1.46. The first-order valence-corrected chi connectivity index (χ1v) is 8.78. The van der Waals surface area contributed by atoms with Gasteiger partial charge in [-0.2, -0.15) is 16.4 Å². The number of hydrogen-bond donors (Lipinski definition) is 2. The van der Waals surface area contributed by atoms with Crippen LogP contribution in [0, 0.1) is 0 Å². The molecule has 6 heteroatoms. The summed E-state index contributed by atoms with van der Waals surface area (Å²) < 4.78 is 1.90. The first-order valence-electron chi connectivity index (χ1n) is 7.84. The van der Waals surface area contributed by atoms with Gasteiger partial charge in [0.05, 0.1) is 23.1 Å². The number of rotatable bonds is 5. The van der Waals surface area contributed by atoms with Crippen molar-refractivity contribution in [3.8, 4) is 0 Å². The molecule has 2 N–H and O–H groups in total. The predicted octanol–water partition coefficient (Wildman–Crippen LogP) is 2.73. The summed E-state index contributed by atoms with van der Waals surface area (Å²) in [5, 5.41) is 14.8. The lowest BCUT2D eigenvalue weighted by molar-refractivity contribution is 0.102. The molecule has 2 saturated carbocycles. The summed E-state index contributed by atoms with van der Waals surface area (Å²) in [5.74, 6) is 0.408. The van der Waals surface area contributed by atoms with Crippen molar-refractivity contribution in [2.45, 2.75) is 43.7 Å². The number of nitrogens with one attached hydrogen (secondary N) is 2. The molecule has 0 bridgehead atoms. The highest BCUT2D eigenvalue weighted by molar-refractivity contribution is 7.08. The highest BCUT2D eigenvalue weighted by Crippen LogP contribution is 2.44. The van der Waals surface area contributed by atoms with E-state index in [0.717, 1.165) is 17.8 Å². The second kappa shape index (κ2) is 5.52. The topological polar surface area (TPSA) is 59.0 Å². The molecular weight excluding hydrogens is 296 g/mol. The summed E-state index contributed by atoms with van der Waals surface area (Å²) in [6, 6.07) is 3.08. The summed E-state index contributed by atoms with van der Waals surface area (Å²) >= 11 is 1.53. The third-order valence-electron chi connectivity index (χ3n) is 4.71. The van der Waals surface area contributed by atoms with E-state index in [2.05, 4.69) is 15.7 Å². The molecule has 2 heterocycles. The maximum Gasteiger partial charge on any atom is 0.256 e. The summed E-state index contributed by atoms with van der Waals surface area (Å²) in [7, 11) is 1.95. The number of aryl methyl sites for hydroxylation is 1. The molecule has 0 radical (unpaired) electrons. The average Bonchev–Trinajstić information content (AvgIpc) is 2.87. The van der Waals surface area contributed by atoms with Crippen molar-refractivity contribution in [3.63, 3.8) is 0 Å². The fourth-order valence-corrected chi connectivity index (χ4v) is 3.77. The molecule has 2 fully saturated rings. The number of thiophene rings is 1. The van der Waals surface area contributed by atoms with Gasteiger partial charge in [-0.3, -0.25) is 9.48 Å². The Hall–Kier alpha value is -1.66. The summed E-state index contributed by atoms with van der Waals surface area (Å²) in [5.41, 5.74) is 2.70. The van der Waals surface area contributed by atoms with Gasteiger partial charge in [-0.05, 0) is 30.7 Å². The number of aromatic nitrogens is 2. The lowest BCUT2D eigenvalue weighted by Crippen LogP contribution is -2.37. The second-order valence-corrected chi connectivity index (χ2v) is 7.06. The van der Waals surface area contributed by atoms with Gasteiger partial charge in [0.2, 0.25) is 0 Å². The molecule has 0 aliphatic heterocycles. The zero-order valence-corrected chi connectivity index (χ0v) is 13.4. The van der Waals surface area contributed by atoms with Crippen LogP contribution in [0.15, 0.2) is 23.0 Å². The van der Waals surface area contributed by atoms with Crippen LogP contribution in [0.5, 0.6) is 0 Å². The maximum absolute atomic E-state index is 12.2. The minimum Gasteiger partial charge on any atom is -0.319 e. The number of amides is 1. The Kier molecular flexibility index (Phi) is 3.50. The van der Waals surface area contributed by atoms with Crippen molar-refractivity contribution in [1.29, 1.82) is 0 Å². The molecule has 5 nitrogen and oxygen atoms in total. The van der Waals surface area contributed by atoms with Crippen LogP contribution in [0.4, 0.5) is 5.69 Å². The quantitative estimate of drug-likeness (QED) is 0.892. The monoisotopic (exact) mass is 316 g/mol. The number of carbonyl (C=O) groups excluding carboxylic acids is 1. The normalized spacial score (nSPS) is 24.0. The molecule has 0 saturated heterocycles. The van der Waals surface area contributed by atoms with Gasteiger partial charge in [0, 0.05) is 30.4 Å². The van der Waals surface area contributed by atoms with Gasteiger partial charge in [0.1, 0.15) is 0 Å². The van der Waals surface area contributed by atoms with E-state index in [1.54, 1.807) is 6.20 Å². The molecule has 1 amide bonds. The molecule has 22 heavy (non-hydrogen) atoms. The molecular formula is C16H20N4OS. The Morgan fingerprint density at radius 2 is 2.32 bits per heavy atom. The fourth-order valence-electron chi connectivity index (χ4n) is 3.13. The average molecular weight is 316 g/mol. The van der Waals surface area contributed by atoms with Gasteiger partial charge in [0.15, 0.2) is 0 Å². The largest absolute Gasteiger partial charge is 0.319 e. The van der Waals surface area contributed by atoms with Crippen molar-refractivity contribution in [2.24, 2.45) is 7.05 Å². The van der Waals surface area contributed by atoms with Crippen LogP contribution in [0.3, 0.4) is 0 Å². The van der Waals surface area contributed by atoms with Gasteiger partial charge in [0.25, 0.3) is 5.91 Å². The predicted molar refractivity (Wildman–Crippen MR) is 87.4 cm³/mol. The SMILES string of the molecule is Cn1ncc(NC(=O)c2ccsc2)c1C1CC1NC1CCC1. The summed E-state index contributed by atoms with van der Waals surface area (Å²) in [4.78, 5) is 12.2. The zero-order valence-electron chi connectivity index (χ0n) is 12.6. The molecule has 2 unspecified atom stereocenters.